The van der Waals surface area contributed by atoms with Crippen molar-refractivity contribution in [2.75, 3.05) is 21.2 Å². The Morgan fingerprint density at radius 1 is 1.02 bits per heavy atom. The van der Waals surface area contributed by atoms with Gasteiger partial charge in [0.25, 0.3) is 0 Å². The van der Waals surface area contributed by atoms with Gasteiger partial charge in [0.15, 0.2) is 6.29 Å². The Bertz CT molecular complexity index is 945. The van der Waals surface area contributed by atoms with Crippen LogP contribution in [0.15, 0.2) is 0 Å². The van der Waals surface area contributed by atoms with Crippen LogP contribution in [0.1, 0.15) is 81.1 Å². The molecule has 0 amide bonds. The second kappa shape index (κ2) is 15.1. The topological polar surface area (TPSA) is 175 Å². The van der Waals surface area contributed by atoms with Crippen LogP contribution in [0.3, 0.4) is 0 Å². The second-order valence-electron chi connectivity index (χ2n) is 14.2. The van der Waals surface area contributed by atoms with Gasteiger partial charge in [-0.05, 0) is 73.9 Å². The zero-order chi connectivity index (χ0) is 33.9. The lowest BCUT2D eigenvalue weighted by Crippen LogP contribution is -2.63. The lowest BCUT2D eigenvalue weighted by molar-refractivity contribution is -0.303. The van der Waals surface area contributed by atoms with Crippen molar-refractivity contribution >= 4 is 12.3 Å². The van der Waals surface area contributed by atoms with Gasteiger partial charge in [-0.25, -0.2) is 0 Å². The van der Waals surface area contributed by atoms with E-state index in [-0.39, 0.29) is 31.4 Å². The molecule has 5 N–H and O–H groups in total. The van der Waals surface area contributed by atoms with Gasteiger partial charge in [0, 0.05) is 31.4 Å². The Hall–Kier alpha value is -1.22. The highest BCUT2D eigenvalue weighted by molar-refractivity contribution is 5.73. The van der Waals surface area contributed by atoms with Crippen LogP contribution in [-0.4, -0.2) is 130 Å². The van der Waals surface area contributed by atoms with E-state index in [2.05, 4.69) is 0 Å². The minimum Gasteiger partial charge on any atom is -0.459 e. The van der Waals surface area contributed by atoms with Crippen LogP contribution in [0.25, 0.3) is 0 Å². The molecular formula is C32H59NO11. The molecule has 258 valence electrons. The Labute approximate surface area is 263 Å². The summed E-state index contributed by atoms with van der Waals surface area (Å²) in [6.45, 7) is 13.0. The Kier molecular flexibility index (Phi) is 13.4. The second-order valence-corrected chi connectivity index (χ2v) is 14.2. The van der Waals surface area contributed by atoms with E-state index in [9.17, 15) is 35.1 Å². The number of carbonyl (C=O) groups excluding carboxylic acids is 2. The minimum atomic E-state index is -2.01. The minimum absolute atomic E-state index is 0.0873. The van der Waals surface area contributed by atoms with Crippen molar-refractivity contribution in [2.24, 2.45) is 23.7 Å². The van der Waals surface area contributed by atoms with Crippen molar-refractivity contribution in [3.8, 4) is 0 Å². The summed E-state index contributed by atoms with van der Waals surface area (Å²) >= 11 is 0. The van der Waals surface area contributed by atoms with Crippen molar-refractivity contribution in [2.45, 2.75) is 147 Å². The van der Waals surface area contributed by atoms with Gasteiger partial charge < -0.3 is 54.2 Å². The summed E-state index contributed by atoms with van der Waals surface area (Å²) in [6, 6.07) is -0.269. The molecule has 12 nitrogen and oxygen atoms in total. The highest BCUT2D eigenvalue weighted by Gasteiger charge is 2.56. The highest BCUT2D eigenvalue weighted by atomic mass is 16.7. The first-order chi connectivity index (χ1) is 20.2. The first-order valence-corrected chi connectivity index (χ1v) is 15.9. The van der Waals surface area contributed by atoms with E-state index >= 15 is 0 Å². The lowest BCUT2D eigenvalue weighted by atomic mass is 9.66. The summed E-state index contributed by atoms with van der Waals surface area (Å²) in [5, 5.41) is 58.0. The van der Waals surface area contributed by atoms with Crippen molar-refractivity contribution in [3.63, 3.8) is 0 Å². The van der Waals surface area contributed by atoms with Crippen LogP contribution in [-0.2, 0) is 28.5 Å². The number of nitrogens with zero attached hydrogens (tertiary/aromatic N) is 1. The maximum absolute atomic E-state index is 13.5. The number of esters is 1. The molecule has 0 spiro atoms. The Balaban J connectivity index is 2.70. The molecular weight excluding hydrogens is 574 g/mol. The fourth-order valence-electron chi connectivity index (χ4n) is 7.50. The molecule has 0 aromatic rings. The highest BCUT2D eigenvalue weighted by Crippen LogP contribution is 2.43. The van der Waals surface area contributed by atoms with Crippen molar-refractivity contribution in [3.05, 3.63) is 0 Å². The van der Waals surface area contributed by atoms with Gasteiger partial charge in [0.2, 0.25) is 0 Å². The van der Waals surface area contributed by atoms with Crippen molar-refractivity contribution in [1.29, 1.82) is 0 Å². The van der Waals surface area contributed by atoms with E-state index in [4.69, 9.17) is 18.9 Å². The summed E-state index contributed by atoms with van der Waals surface area (Å²) in [5.41, 5.74) is -5.18. The molecule has 0 aromatic heterocycles. The predicted molar refractivity (Wildman–Crippen MR) is 162 cm³/mol. The lowest BCUT2D eigenvalue weighted by Gasteiger charge is -2.50. The normalized spacial score (nSPS) is 48.4. The van der Waals surface area contributed by atoms with E-state index in [0.29, 0.717) is 12.7 Å². The number of rotatable bonds is 7. The quantitative estimate of drug-likeness (QED) is 0.201. The molecule has 2 unspecified atom stereocenters. The smallest absolute Gasteiger partial charge is 0.311 e. The Morgan fingerprint density at radius 2 is 1.61 bits per heavy atom. The first kappa shape index (κ1) is 39.0. The average molecular weight is 634 g/mol. The van der Waals surface area contributed by atoms with Crippen LogP contribution in [0.2, 0.25) is 0 Å². The number of aldehydes is 1. The van der Waals surface area contributed by atoms with Gasteiger partial charge in [-0.3, -0.25) is 4.79 Å². The van der Waals surface area contributed by atoms with Gasteiger partial charge in [0.05, 0.1) is 41.5 Å². The number of ether oxygens (including phenoxy) is 4. The number of hydrogen-bond donors (Lipinski definition) is 5. The van der Waals surface area contributed by atoms with Crippen LogP contribution < -0.4 is 0 Å². The van der Waals surface area contributed by atoms with Crippen LogP contribution in [0.5, 0.6) is 0 Å². The molecule has 0 saturated carbocycles. The zero-order valence-corrected chi connectivity index (χ0v) is 28.5. The molecule has 2 rings (SSSR count). The number of likely N-dealkylation sites (N-methyl/N-ethyl adjacent to an activating group) is 1. The number of aliphatic hydroxyl groups excluding tert-OH is 3. The SMILES string of the molecule is CC[C@H]1OC(=O)[C@H](C)[C@@H](O)[C@H](C)[C@@H](O[C@@H]2O[C@H](C)C[C@H](N(C)C)[C@H]2O)[C@](C)(OC)C[C@@H](C)C(O)C(C)(O)[C@@H](CC=O)[C@]1(C)O. The summed E-state index contributed by atoms with van der Waals surface area (Å²) in [7, 11) is 5.18. The molecule has 2 aliphatic rings. The van der Waals surface area contributed by atoms with Crippen LogP contribution in [0, 0.1) is 23.7 Å². The predicted octanol–water partition coefficient (Wildman–Crippen LogP) is 1.27. The molecule has 12 heteroatoms. The van der Waals surface area contributed by atoms with Gasteiger partial charge in [-0.15, -0.1) is 0 Å². The van der Waals surface area contributed by atoms with E-state index in [1.54, 1.807) is 27.7 Å². The maximum atomic E-state index is 13.5. The van der Waals surface area contributed by atoms with E-state index in [0.717, 1.165) is 0 Å². The largest absolute Gasteiger partial charge is 0.459 e. The Morgan fingerprint density at radius 3 is 2.11 bits per heavy atom. The molecule has 44 heavy (non-hydrogen) atoms. The third-order valence-corrected chi connectivity index (χ3v) is 10.4. The number of aliphatic hydroxyl groups is 5. The number of cyclic esters (lactones) is 1. The van der Waals surface area contributed by atoms with E-state index < -0.39 is 83.3 Å². The molecule has 2 fully saturated rings. The monoisotopic (exact) mass is 633 g/mol. The molecule has 0 aliphatic carbocycles. The summed E-state index contributed by atoms with van der Waals surface area (Å²) in [6.07, 6.45) is -6.27. The molecule has 2 heterocycles. The van der Waals surface area contributed by atoms with Crippen LogP contribution >= 0.6 is 0 Å². The molecule has 0 bridgehead atoms. The fraction of sp³-hybridized carbons (Fsp3) is 0.938. The first-order valence-electron chi connectivity index (χ1n) is 15.9. The third kappa shape index (κ3) is 8.01. The van der Waals surface area contributed by atoms with Gasteiger partial charge in [0.1, 0.15) is 24.1 Å². The number of hydrogen-bond acceptors (Lipinski definition) is 12. The summed E-state index contributed by atoms with van der Waals surface area (Å²) in [4.78, 5) is 27.1. The van der Waals surface area contributed by atoms with Gasteiger partial charge >= 0.3 is 5.97 Å². The number of methoxy groups -OCH3 is 1. The van der Waals surface area contributed by atoms with Gasteiger partial charge in [-0.2, -0.15) is 0 Å². The molecule has 2 saturated heterocycles. The maximum Gasteiger partial charge on any atom is 0.311 e. The standard InChI is InChI=1S/C32H59NO11/c1-12-23-31(7,39)22(13-14-34)32(8,40)26(37)17(2)16-30(6,41-11)27(19(4)24(35)20(5)28(38)43-23)44-29-25(36)21(33(9)10)15-18(3)42-29/h14,17-27,29,35-37,39-40H,12-13,15-16H2,1-11H3/t17-,18-,19+,20-,21+,22+,23-,24+,25-,26?,27-,29+,30-,31+,32?/m1/s1. The number of carbonyl (C=O) groups is 2. The van der Waals surface area contributed by atoms with Gasteiger partial charge in [-0.1, -0.05) is 20.8 Å². The molecule has 0 aromatic carbocycles. The van der Waals surface area contributed by atoms with Crippen LogP contribution in [0.4, 0.5) is 0 Å². The molecule has 15 atom stereocenters. The van der Waals surface area contributed by atoms with Crippen molar-refractivity contribution < 1.29 is 54.1 Å². The fourth-order valence-corrected chi connectivity index (χ4v) is 7.50. The zero-order valence-electron chi connectivity index (χ0n) is 28.5. The van der Waals surface area contributed by atoms with E-state index in [1.807, 2.05) is 25.9 Å². The average Bonchev–Trinajstić information content (AvgIpc) is 2.95. The van der Waals surface area contributed by atoms with Crippen molar-refractivity contribution in [1.82, 2.24) is 4.90 Å². The molecule has 2 aliphatic heterocycles. The molecule has 0 radical (unpaired) electrons. The van der Waals surface area contributed by atoms with E-state index in [1.165, 1.54) is 27.9 Å². The summed E-state index contributed by atoms with van der Waals surface area (Å²) < 4.78 is 24.4. The third-order valence-electron chi connectivity index (χ3n) is 10.4. The summed E-state index contributed by atoms with van der Waals surface area (Å²) in [5.74, 6) is -4.57.